The quantitative estimate of drug-likeness (QED) is 0.814. The Hall–Kier alpha value is -1.11. The van der Waals surface area contributed by atoms with Gasteiger partial charge in [-0.05, 0) is 59.9 Å². The van der Waals surface area contributed by atoms with E-state index in [1.54, 1.807) is 4.90 Å². The average molecular weight is 384 g/mol. The number of amides is 2. The molecule has 0 spiro atoms. The monoisotopic (exact) mass is 384 g/mol. The second-order valence-corrected chi connectivity index (χ2v) is 6.57. The minimum absolute atomic E-state index is 0.0244. The Morgan fingerprint density at radius 2 is 2.00 bits per heavy atom. The van der Waals surface area contributed by atoms with E-state index < -0.39 is 6.04 Å². The predicted molar refractivity (Wildman–Crippen MR) is 85.4 cm³/mol. The van der Waals surface area contributed by atoms with Gasteiger partial charge in [0.25, 0.3) is 5.91 Å². The van der Waals surface area contributed by atoms with Gasteiger partial charge in [0.15, 0.2) is 0 Å². The van der Waals surface area contributed by atoms with Crippen molar-refractivity contribution in [3.63, 3.8) is 0 Å². The number of para-hydroxylation sites is 1. The van der Waals surface area contributed by atoms with Gasteiger partial charge >= 0.3 is 0 Å². The third-order valence-corrected chi connectivity index (χ3v) is 4.92. The van der Waals surface area contributed by atoms with Crippen LogP contribution in [0.4, 0.5) is 5.69 Å². The lowest BCUT2D eigenvalue weighted by atomic mass is 10.0. The number of carbonyl (C=O) groups excluding carboxylic acids is 2. The SMILES string of the molecule is CCC1C(=O)NC(C2CC2)C(=O)N1c1ccccc1I. The van der Waals surface area contributed by atoms with Crippen LogP contribution in [-0.4, -0.2) is 23.9 Å². The highest BCUT2D eigenvalue weighted by Crippen LogP contribution is 2.37. The molecule has 1 aromatic rings. The van der Waals surface area contributed by atoms with Gasteiger partial charge in [-0.15, -0.1) is 0 Å². The van der Waals surface area contributed by atoms with Crippen molar-refractivity contribution >= 4 is 40.1 Å². The molecule has 1 aliphatic carbocycles. The number of carbonyl (C=O) groups is 2. The molecule has 3 rings (SSSR count). The van der Waals surface area contributed by atoms with Crippen LogP contribution in [0.3, 0.4) is 0 Å². The van der Waals surface area contributed by atoms with E-state index in [1.807, 2.05) is 31.2 Å². The smallest absolute Gasteiger partial charge is 0.250 e. The van der Waals surface area contributed by atoms with Crippen molar-refractivity contribution in [1.29, 1.82) is 0 Å². The van der Waals surface area contributed by atoms with Crippen LogP contribution in [0.5, 0.6) is 0 Å². The van der Waals surface area contributed by atoms with E-state index in [2.05, 4.69) is 27.9 Å². The molecule has 4 nitrogen and oxygen atoms in total. The molecule has 1 N–H and O–H groups in total. The molecular formula is C15H17IN2O2. The Kier molecular flexibility index (Phi) is 3.70. The maximum atomic E-state index is 12.8. The molecular weight excluding hydrogens is 367 g/mol. The number of hydrogen-bond donors (Lipinski definition) is 1. The van der Waals surface area contributed by atoms with Gasteiger partial charge in [-0.1, -0.05) is 19.1 Å². The molecule has 106 valence electrons. The van der Waals surface area contributed by atoms with E-state index >= 15 is 0 Å². The second kappa shape index (κ2) is 5.35. The first kappa shape index (κ1) is 13.9. The van der Waals surface area contributed by atoms with Gasteiger partial charge in [-0.25, -0.2) is 0 Å². The first-order valence-corrected chi connectivity index (χ1v) is 8.09. The van der Waals surface area contributed by atoms with Crippen LogP contribution in [0.2, 0.25) is 0 Å². The van der Waals surface area contributed by atoms with Crippen LogP contribution < -0.4 is 10.2 Å². The molecule has 0 radical (unpaired) electrons. The second-order valence-electron chi connectivity index (χ2n) is 5.41. The Morgan fingerprint density at radius 3 is 2.60 bits per heavy atom. The highest BCUT2D eigenvalue weighted by Gasteiger charge is 2.47. The fraction of sp³-hybridized carbons (Fsp3) is 0.467. The molecule has 2 atom stereocenters. The molecule has 0 bridgehead atoms. The van der Waals surface area contributed by atoms with Gasteiger partial charge in [0.1, 0.15) is 12.1 Å². The van der Waals surface area contributed by atoms with Crippen molar-refractivity contribution in [1.82, 2.24) is 5.32 Å². The molecule has 20 heavy (non-hydrogen) atoms. The summed E-state index contributed by atoms with van der Waals surface area (Å²) in [7, 11) is 0. The summed E-state index contributed by atoms with van der Waals surface area (Å²) in [6.07, 6.45) is 2.69. The largest absolute Gasteiger partial charge is 0.342 e. The molecule has 1 aliphatic heterocycles. The fourth-order valence-corrected chi connectivity index (χ4v) is 3.43. The van der Waals surface area contributed by atoms with E-state index in [0.29, 0.717) is 12.3 Å². The van der Waals surface area contributed by atoms with Gasteiger partial charge < -0.3 is 5.32 Å². The van der Waals surface area contributed by atoms with Crippen LogP contribution >= 0.6 is 22.6 Å². The number of piperazine rings is 1. The number of anilines is 1. The van der Waals surface area contributed by atoms with Crippen LogP contribution in [-0.2, 0) is 9.59 Å². The zero-order chi connectivity index (χ0) is 14.3. The van der Waals surface area contributed by atoms with Gasteiger partial charge in [-0.3, -0.25) is 14.5 Å². The van der Waals surface area contributed by atoms with Crippen LogP contribution in [0.1, 0.15) is 26.2 Å². The number of nitrogens with zero attached hydrogens (tertiary/aromatic N) is 1. The first-order valence-electron chi connectivity index (χ1n) is 7.01. The highest BCUT2D eigenvalue weighted by molar-refractivity contribution is 14.1. The average Bonchev–Trinajstić information content (AvgIpc) is 3.26. The maximum absolute atomic E-state index is 12.8. The van der Waals surface area contributed by atoms with Crippen molar-refractivity contribution in [3.05, 3.63) is 27.8 Å². The lowest BCUT2D eigenvalue weighted by Crippen LogP contribution is -2.64. The molecule has 1 saturated heterocycles. The first-order chi connectivity index (χ1) is 9.63. The van der Waals surface area contributed by atoms with E-state index in [-0.39, 0.29) is 17.9 Å². The zero-order valence-electron chi connectivity index (χ0n) is 11.3. The summed E-state index contributed by atoms with van der Waals surface area (Å²) in [4.78, 5) is 26.8. The van der Waals surface area contributed by atoms with E-state index in [4.69, 9.17) is 0 Å². The van der Waals surface area contributed by atoms with Crippen molar-refractivity contribution in [2.24, 2.45) is 5.92 Å². The molecule has 2 fully saturated rings. The minimum Gasteiger partial charge on any atom is -0.342 e. The third kappa shape index (κ3) is 2.32. The molecule has 1 heterocycles. The summed E-state index contributed by atoms with van der Waals surface area (Å²) in [5.41, 5.74) is 0.852. The molecule has 1 saturated carbocycles. The van der Waals surface area contributed by atoms with Crippen LogP contribution in [0.25, 0.3) is 0 Å². The van der Waals surface area contributed by atoms with E-state index in [9.17, 15) is 9.59 Å². The summed E-state index contributed by atoms with van der Waals surface area (Å²) < 4.78 is 1.00. The van der Waals surface area contributed by atoms with Crippen molar-refractivity contribution in [2.75, 3.05) is 4.90 Å². The minimum atomic E-state index is -0.395. The van der Waals surface area contributed by atoms with E-state index in [1.165, 1.54) is 0 Å². The summed E-state index contributed by atoms with van der Waals surface area (Å²) in [6, 6.07) is 7.02. The summed E-state index contributed by atoms with van der Waals surface area (Å²) in [5.74, 6) is 0.347. The molecule has 2 amide bonds. The summed E-state index contributed by atoms with van der Waals surface area (Å²) >= 11 is 2.22. The third-order valence-electron chi connectivity index (χ3n) is 4.01. The Labute approximate surface area is 132 Å². The van der Waals surface area contributed by atoms with Crippen molar-refractivity contribution in [2.45, 2.75) is 38.3 Å². The number of halogens is 1. The van der Waals surface area contributed by atoms with Gasteiger partial charge in [0.2, 0.25) is 5.91 Å². The molecule has 5 heteroatoms. The Bertz CT molecular complexity index is 557. The molecule has 2 unspecified atom stereocenters. The van der Waals surface area contributed by atoms with Crippen molar-refractivity contribution < 1.29 is 9.59 Å². The fourth-order valence-electron chi connectivity index (χ4n) is 2.78. The van der Waals surface area contributed by atoms with Gasteiger partial charge in [-0.2, -0.15) is 0 Å². The molecule has 1 aromatic carbocycles. The molecule has 0 aromatic heterocycles. The number of hydrogen-bond acceptors (Lipinski definition) is 2. The number of nitrogens with one attached hydrogen (secondary N) is 1. The standard InChI is InChI=1S/C15H17IN2O2/c1-2-11-14(19)17-13(9-7-8-9)15(20)18(11)12-6-4-3-5-10(12)16/h3-6,9,11,13H,2,7-8H2,1H3,(H,17,19). The van der Waals surface area contributed by atoms with Crippen LogP contribution in [0.15, 0.2) is 24.3 Å². The van der Waals surface area contributed by atoms with Gasteiger partial charge in [0.05, 0.1) is 5.69 Å². The maximum Gasteiger partial charge on any atom is 0.250 e. The lowest BCUT2D eigenvalue weighted by molar-refractivity contribution is -0.134. The van der Waals surface area contributed by atoms with Crippen molar-refractivity contribution in [3.8, 4) is 0 Å². The molecule has 2 aliphatic rings. The zero-order valence-corrected chi connectivity index (χ0v) is 13.5. The lowest BCUT2D eigenvalue weighted by Gasteiger charge is -2.39. The predicted octanol–water partition coefficient (Wildman–Crippen LogP) is 2.31. The normalized spacial score (nSPS) is 26.6. The number of benzene rings is 1. The summed E-state index contributed by atoms with van der Waals surface area (Å²) in [5, 5.41) is 2.92. The van der Waals surface area contributed by atoms with Crippen LogP contribution in [0, 0.1) is 9.49 Å². The highest BCUT2D eigenvalue weighted by atomic mass is 127. The number of rotatable bonds is 3. The van der Waals surface area contributed by atoms with Gasteiger partial charge in [0, 0.05) is 3.57 Å². The Balaban J connectivity index is 2.01. The van der Waals surface area contributed by atoms with E-state index in [0.717, 1.165) is 22.1 Å². The summed E-state index contributed by atoms with van der Waals surface area (Å²) in [6.45, 7) is 1.94. The Morgan fingerprint density at radius 1 is 1.30 bits per heavy atom. The topological polar surface area (TPSA) is 49.4 Å².